The Balaban J connectivity index is 2.02. The van der Waals surface area contributed by atoms with Crippen LogP contribution in [-0.2, 0) is 11.3 Å². The molecule has 0 unspecified atom stereocenters. The largest absolute Gasteiger partial charge is 0.350 e. The molecule has 6 nitrogen and oxygen atoms in total. The lowest BCUT2D eigenvalue weighted by molar-refractivity contribution is -0.123. The van der Waals surface area contributed by atoms with E-state index in [0.29, 0.717) is 5.82 Å². The maximum atomic E-state index is 11.9. The number of tetrazole rings is 1. The van der Waals surface area contributed by atoms with E-state index in [1.54, 1.807) is 0 Å². The fourth-order valence-electron chi connectivity index (χ4n) is 1.65. The zero-order valence-electron chi connectivity index (χ0n) is 12.0. The third-order valence-electron chi connectivity index (χ3n) is 3.13. The van der Waals surface area contributed by atoms with E-state index in [1.165, 1.54) is 4.80 Å². The van der Waals surface area contributed by atoms with E-state index in [4.69, 9.17) is 0 Å². The summed E-state index contributed by atoms with van der Waals surface area (Å²) in [6.07, 6.45) is 0.860. The average Bonchev–Trinajstić information content (AvgIpc) is 2.87. The lowest BCUT2D eigenvalue weighted by atomic mass is 10.0. The third kappa shape index (κ3) is 3.63. The normalized spacial score (nSPS) is 11.3. The van der Waals surface area contributed by atoms with Gasteiger partial charge in [-0.1, -0.05) is 37.3 Å². The Hall–Kier alpha value is -2.24. The van der Waals surface area contributed by atoms with E-state index < -0.39 is 0 Å². The zero-order chi connectivity index (χ0) is 14.6. The molecule has 0 atom stereocenters. The Bertz CT molecular complexity index is 576. The summed E-state index contributed by atoms with van der Waals surface area (Å²) in [6.45, 7) is 6.06. The molecule has 106 valence electrons. The molecule has 1 amide bonds. The summed E-state index contributed by atoms with van der Waals surface area (Å²) in [5.74, 6) is 0.405. The summed E-state index contributed by atoms with van der Waals surface area (Å²) in [4.78, 5) is 13.2. The van der Waals surface area contributed by atoms with E-state index in [9.17, 15) is 4.79 Å². The lowest BCUT2D eigenvalue weighted by Gasteiger charge is -2.24. The minimum atomic E-state index is -0.222. The first-order valence-corrected chi connectivity index (χ1v) is 6.64. The quantitative estimate of drug-likeness (QED) is 0.899. The van der Waals surface area contributed by atoms with Crippen LogP contribution in [-0.4, -0.2) is 31.7 Å². The molecule has 1 N–H and O–H groups in total. The number of nitrogens with zero attached hydrogens (tertiary/aromatic N) is 4. The molecule has 0 aliphatic heterocycles. The van der Waals surface area contributed by atoms with Crippen LogP contribution in [0.3, 0.4) is 0 Å². The third-order valence-corrected chi connectivity index (χ3v) is 3.13. The molecule has 1 heterocycles. The SMILES string of the molecule is CCC(C)(C)NC(=O)Cn1nnc(-c2ccccc2)n1. The number of nitrogens with one attached hydrogen (secondary N) is 1. The van der Waals surface area contributed by atoms with Gasteiger partial charge in [0.1, 0.15) is 6.54 Å². The number of amides is 1. The molecule has 6 heteroatoms. The Kier molecular flexibility index (Phi) is 4.12. The molecule has 1 aromatic heterocycles. The molecular formula is C14H19N5O. The summed E-state index contributed by atoms with van der Waals surface area (Å²) in [5, 5.41) is 15.0. The van der Waals surface area contributed by atoms with Crippen molar-refractivity contribution in [3.63, 3.8) is 0 Å². The van der Waals surface area contributed by atoms with Crippen molar-refractivity contribution in [3.8, 4) is 11.4 Å². The second kappa shape index (κ2) is 5.81. The minimum absolute atomic E-state index is 0.0727. The van der Waals surface area contributed by atoms with Crippen LogP contribution in [0.25, 0.3) is 11.4 Å². The van der Waals surface area contributed by atoms with E-state index in [2.05, 4.69) is 20.7 Å². The Morgan fingerprint density at radius 3 is 2.65 bits per heavy atom. The van der Waals surface area contributed by atoms with Crippen molar-refractivity contribution in [1.82, 2.24) is 25.5 Å². The first-order chi connectivity index (χ1) is 9.50. The first-order valence-electron chi connectivity index (χ1n) is 6.64. The number of carbonyl (C=O) groups excluding carboxylic acids is 1. The molecule has 2 aromatic rings. The van der Waals surface area contributed by atoms with Crippen molar-refractivity contribution < 1.29 is 4.79 Å². The van der Waals surface area contributed by atoms with Crippen LogP contribution in [0.4, 0.5) is 0 Å². The van der Waals surface area contributed by atoms with Crippen molar-refractivity contribution in [2.24, 2.45) is 0 Å². The van der Waals surface area contributed by atoms with Crippen LogP contribution in [0.5, 0.6) is 0 Å². The minimum Gasteiger partial charge on any atom is -0.350 e. The number of hydrogen-bond donors (Lipinski definition) is 1. The van der Waals surface area contributed by atoms with Gasteiger partial charge in [0.15, 0.2) is 0 Å². The topological polar surface area (TPSA) is 72.7 Å². The van der Waals surface area contributed by atoms with E-state index in [-0.39, 0.29) is 18.0 Å². The van der Waals surface area contributed by atoms with Crippen molar-refractivity contribution in [3.05, 3.63) is 30.3 Å². The van der Waals surface area contributed by atoms with Gasteiger partial charge in [-0.3, -0.25) is 4.79 Å². The molecule has 1 aromatic carbocycles. The fourth-order valence-corrected chi connectivity index (χ4v) is 1.65. The predicted octanol–water partition coefficient (Wildman–Crippen LogP) is 1.64. The van der Waals surface area contributed by atoms with Gasteiger partial charge in [-0.25, -0.2) is 0 Å². The van der Waals surface area contributed by atoms with E-state index >= 15 is 0 Å². The highest BCUT2D eigenvalue weighted by atomic mass is 16.2. The van der Waals surface area contributed by atoms with Crippen molar-refractivity contribution in [2.75, 3.05) is 0 Å². The average molecular weight is 273 g/mol. The second-order valence-electron chi connectivity index (χ2n) is 5.30. The summed E-state index contributed by atoms with van der Waals surface area (Å²) in [7, 11) is 0. The smallest absolute Gasteiger partial charge is 0.244 e. The Morgan fingerprint density at radius 2 is 2.00 bits per heavy atom. The molecule has 0 radical (unpaired) electrons. The second-order valence-corrected chi connectivity index (χ2v) is 5.30. The highest BCUT2D eigenvalue weighted by molar-refractivity contribution is 5.76. The number of benzene rings is 1. The maximum Gasteiger partial charge on any atom is 0.244 e. The van der Waals surface area contributed by atoms with Crippen LogP contribution in [0.1, 0.15) is 27.2 Å². The van der Waals surface area contributed by atoms with Crippen molar-refractivity contribution >= 4 is 5.91 Å². The molecule has 0 saturated heterocycles. The molecule has 2 rings (SSSR count). The number of rotatable bonds is 5. The Morgan fingerprint density at radius 1 is 1.30 bits per heavy atom. The standard InChI is InChI=1S/C14H19N5O/c1-4-14(2,3)15-12(20)10-19-17-13(16-18-19)11-8-6-5-7-9-11/h5-9H,4,10H2,1-3H3,(H,15,20). The van der Waals surface area contributed by atoms with Crippen molar-refractivity contribution in [1.29, 1.82) is 0 Å². The van der Waals surface area contributed by atoms with Gasteiger partial charge in [-0.2, -0.15) is 4.80 Å². The Labute approximate surface area is 118 Å². The highest BCUT2D eigenvalue weighted by Gasteiger charge is 2.18. The van der Waals surface area contributed by atoms with Crippen molar-refractivity contribution in [2.45, 2.75) is 39.3 Å². The van der Waals surface area contributed by atoms with Crippen LogP contribution < -0.4 is 5.32 Å². The summed E-state index contributed by atoms with van der Waals surface area (Å²) in [6, 6.07) is 9.55. The number of aromatic nitrogens is 4. The zero-order valence-corrected chi connectivity index (χ0v) is 12.0. The van der Waals surface area contributed by atoms with Gasteiger partial charge in [0.25, 0.3) is 0 Å². The molecule has 0 saturated carbocycles. The summed E-state index contributed by atoms with van der Waals surface area (Å²) in [5.41, 5.74) is 0.660. The highest BCUT2D eigenvalue weighted by Crippen LogP contribution is 2.11. The molecule has 0 aliphatic carbocycles. The van der Waals surface area contributed by atoms with Crippen LogP contribution in [0.2, 0.25) is 0 Å². The number of carbonyl (C=O) groups is 1. The van der Waals surface area contributed by atoms with Gasteiger partial charge < -0.3 is 5.32 Å². The van der Waals surface area contributed by atoms with Gasteiger partial charge in [-0.15, -0.1) is 10.2 Å². The first kappa shape index (κ1) is 14.2. The molecule has 20 heavy (non-hydrogen) atoms. The fraction of sp³-hybridized carbons (Fsp3) is 0.429. The van der Waals surface area contributed by atoms with Crippen LogP contribution in [0, 0.1) is 0 Å². The number of hydrogen-bond acceptors (Lipinski definition) is 4. The van der Waals surface area contributed by atoms with Crippen LogP contribution in [0.15, 0.2) is 30.3 Å². The van der Waals surface area contributed by atoms with E-state index in [0.717, 1.165) is 12.0 Å². The van der Waals surface area contributed by atoms with Gasteiger partial charge in [0.2, 0.25) is 11.7 Å². The lowest BCUT2D eigenvalue weighted by Crippen LogP contribution is -2.44. The predicted molar refractivity (Wildman–Crippen MR) is 75.8 cm³/mol. The summed E-state index contributed by atoms with van der Waals surface area (Å²) < 4.78 is 0. The molecule has 0 aliphatic rings. The molecule has 0 bridgehead atoms. The summed E-state index contributed by atoms with van der Waals surface area (Å²) >= 11 is 0. The van der Waals surface area contributed by atoms with Crippen LogP contribution >= 0.6 is 0 Å². The molecule has 0 spiro atoms. The van der Waals surface area contributed by atoms with Gasteiger partial charge in [0.05, 0.1) is 0 Å². The molecule has 0 fully saturated rings. The monoisotopic (exact) mass is 273 g/mol. The van der Waals surface area contributed by atoms with Gasteiger partial charge in [-0.05, 0) is 25.5 Å². The van der Waals surface area contributed by atoms with Gasteiger partial charge >= 0.3 is 0 Å². The molecular weight excluding hydrogens is 254 g/mol. The maximum absolute atomic E-state index is 11.9. The van der Waals surface area contributed by atoms with Gasteiger partial charge in [0, 0.05) is 11.1 Å². The van der Waals surface area contributed by atoms with E-state index in [1.807, 2.05) is 51.1 Å².